The summed E-state index contributed by atoms with van der Waals surface area (Å²) in [6.45, 7) is 1.97. The lowest BCUT2D eigenvalue weighted by Crippen LogP contribution is -2.37. The molecule has 0 radical (unpaired) electrons. The summed E-state index contributed by atoms with van der Waals surface area (Å²) in [5.74, 6) is 0.586. The lowest BCUT2D eigenvalue weighted by molar-refractivity contribution is 0.417. The molecule has 2 aromatic heterocycles. The molecule has 0 spiro atoms. The minimum Gasteiger partial charge on any atom is -0.495 e. The van der Waals surface area contributed by atoms with Crippen molar-refractivity contribution in [3.05, 3.63) is 55.8 Å². The van der Waals surface area contributed by atoms with Gasteiger partial charge in [-0.3, -0.25) is 13.9 Å². The fourth-order valence-electron chi connectivity index (χ4n) is 2.89. The topological polar surface area (TPSA) is 78.2 Å². The van der Waals surface area contributed by atoms with Gasteiger partial charge in [0.1, 0.15) is 11.1 Å². The van der Waals surface area contributed by atoms with E-state index in [1.807, 2.05) is 6.92 Å². The lowest BCUT2D eigenvalue weighted by Gasteiger charge is -2.17. The normalized spacial score (nSPS) is 11.0. The summed E-state index contributed by atoms with van der Waals surface area (Å²) >= 11 is 6.12. The van der Waals surface area contributed by atoms with Gasteiger partial charge in [-0.1, -0.05) is 18.5 Å². The fraction of sp³-hybridized carbons (Fsp3) is 0.278. The predicted octanol–water partition coefficient (Wildman–Crippen LogP) is 2.60. The van der Waals surface area contributed by atoms with E-state index in [0.717, 1.165) is 10.1 Å². The van der Waals surface area contributed by atoms with Crippen LogP contribution in [0.3, 0.4) is 0 Å². The molecule has 8 heteroatoms. The molecule has 0 saturated heterocycles. The van der Waals surface area contributed by atoms with Crippen LogP contribution in [0.15, 0.2) is 34.0 Å². The minimum atomic E-state index is -0.425. The van der Waals surface area contributed by atoms with Gasteiger partial charge >= 0.3 is 5.69 Å². The molecule has 0 aliphatic rings. The van der Waals surface area contributed by atoms with E-state index in [0.29, 0.717) is 39.6 Å². The van der Waals surface area contributed by atoms with Gasteiger partial charge in [-0.2, -0.15) is 0 Å². The third-order valence-corrected chi connectivity index (χ3v) is 4.58. The van der Waals surface area contributed by atoms with Crippen LogP contribution < -0.4 is 21.3 Å². The number of nitrogens with zero attached hydrogens (tertiary/aromatic N) is 3. The first-order valence-electron chi connectivity index (χ1n) is 8.07. The number of aromatic nitrogens is 3. The van der Waals surface area contributed by atoms with Crippen molar-refractivity contribution >= 4 is 34.0 Å². The molecule has 1 N–H and O–H groups in total. The highest BCUT2D eigenvalue weighted by Crippen LogP contribution is 2.33. The number of ether oxygens (including phenoxy) is 1. The Morgan fingerprint density at radius 2 is 1.96 bits per heavy atom. The highest BCUT2D eigenvalue weighted by molar-refractivity contribution is 6.31. The van der Waals surface area contributed by atoms with Gasteiger partial charge < -0.3 is 10.1 Å². The van der Waals surface area contributed by atoms with Crippen molar-refractivity contribution in [3.8, 4) is 5.75 Å². The third-order valence-electron chi connectivity index (χ3n) is 4.35. The molecule has 0 saturated carbocycles. The number of rotatable bonds is 4. The summed E-state index contributed by atoms with van der Waals surface area (Å²) in [7, 11) is 4.60. The van der Waals surface area contributed by atoms with Crippen molar-refractivity contribution in [2.24, 2.45) is 14.1 Å². The van der Waals surface area contributed by atoms with E-state index in [4.69, 9.17) is 16.3 Å². The first kappa shape index (κ1) is 18.0. The number of hydrogen-bond acceptors (Lipinski definition) is 5. The highest BCUT2D eigenvalue weighted by Gasteiger charge is 2.18. The quantitative estimate of drug-likeness (QED) is 0.759. The summed E-state index contributed by atoms with van der Waals surface area (Å²) in [6, 6.07) is 5.19. The largest absolute Gasteiger partial charge is 0.495 e. The molecule has 2 heterocycles. The molecule has 3 aromatic rings. The molecule has 0 atom stereocenters. The molecule has 0 aliphatic carbocycles. The van der Waals surface area contributed by atoms with Gasteiger partial charge in [-0.05, 0) is 30.2 Å². The summed E-state index contributed by atoms with van der Waals surface area (Å²) in [5, 5.41) is 4.14. The first-order valence-corrected chi connectivity index (χ1v) is 8.45. The Balaban J connectivity index is 2.37. The number of hydrogen-bond donors (Lipinski definition) is 1. The van der Waals surface area contributed by atoms with E-state index in [9.17, 15) is 9.59 Å². The Bertz CT molecular complexity index is 1120. The Morgan fingerprint density at radius 1 is 1.23 bits per heavy atom. The molecule has 7 nitrogen and oxygen atoms in total. The molecule has 26 heavy (non-hydrogen) atoms. The van der Waals surface area contributed by atoms with E-state index in [2.05, 4.69) is 10.3 Å². The number of aryl methyl sites for hydroxylation is 2. The number of methoxy groups -OCH3 is 1. The zero-order chi connectivity index (χ0) is 19.0. The Kier molecular flexibility index (Phi) is 4.73. The van der Waals surface area contributed by atoms with Gasteiger partial charge in [0.2, 0.25) is 0 Å². The number of nitrogens with one attached hydrogen (secondary N) is 1. The summed E-state index contributed by atoms with van der Waals surface area (Å²) in [5.41, 5.74) is 1.54. The van der Waals surface area contributed by atoms with Crippen molar-refractivity contribution in [1.29, 1.82) is 0 Å². The third kappa shape index (κ3) is 2.84. The summed E-state index contributed by atoms with van der Waals surface area (Å²) < 4.78 is 7.81. The van der Waals surface area contributed by atoms with E-state index in [1.165, 1.54) is 11.6 Å². The van der Waals surface area contributed by atoms with Crippen molar-refractivity contribution in [3.63, 3.8) is 0 Å². The smallest absolute Gasteiger partial charge is 0.332 e. The van der Waals surface area contributed by atoms with Gasteiger partial charge in [-0.25, -0.2) is 9.78 Å². The van der Waals surface area contributed by atoms with E-state index in [-0.39, 0.29) is 0 Å². The molecule has 1 aromatic carbocycles. The molecule has 0 bridgehead atoms. The summed E-state index contributed by atoms with van der Waals surface area (Å²) in [6.07, 6.45) is 2.32. The van der Waals surface area contributed by atoms with E-state index in [1.54, 1.807) is 38.6 Å². The second kappa shape index (κ2) is 6.84. The van der Waals surface area contributed by atoms with Crippen LogP contribution in [0.1, 0.15) is 12.5 Å². The van der Waals surface area contributed by atoms with Crippen molar-refractivity contribution in [2.75, 3.05) is 12.4 Å². The van der Waals surface area contributed by atoms with Gasteiger partial charge in [0.15, 0.2) is 5.65 Å². The second-order valence-corrected chi connectivity index (χ2v) is 6.32. The minimum absolute atomic E-state index is 0.318. The maximum absolute atomic E-state index is 12.8. The number of fused-ring (bicyclic) bond motifs is 1. The van der Waals surface area contributed by atoms with Crippen LogP contribution in [0.5, 0.6) is 5.75 Å². The Labute approximate surface area is 154 Å². The van der Waals surface area contributed by atoms with E-state index >= 15 is 0 Å². The van der Waals surface area contributed by atoms with E-state index < -0.39 is 11.2 Å². The van der Waals surface area contributed by atoms with Gasteiger partial charge in [0.05, 0.1) is 18.5 Å². The van der Waals surface area contributed by atoms with Crippen LogP contribution >= 0.6 is 11.6 Å². The molecular weight excluding hydrogens is 356 g/mol. The van der Waals surface area contributed by atoms with Crippen LogP contribution in [0.2, 0.25) is 5.02 Å². The predicted molar refractivity (Wildman–Crippen MR) is 103 cm³/mol. The SMILES string of the molecule is CCc1cnc2c(c1Nc1cc(Cl)ccc1OC)c(=O)n(C)c(=O)n2C. The Morgan fingerprint density at radius 3 is 2.62 bits per heavy atom. The van der Waals surface area contributed by atoms with Gasteiger partial charge in [-0.15, -0.1) is 0 Å². The number of anilines is 2. The first-order chi connectivity index (χ1) is 12.4. The van der Waals surface area contributed by atoms with Crippen LogP contribution in [0.4, 0.5) is 11.4 Å². The highest BCUT2D eigenvalue weighted by atomic mass is 35.5. The van der Waals surface area contributed by atoms with Crippen LogP contribution in [0.25, 0.3) is 11.0 Å². The standard InChI is InChI=1S/C18H19ClN4O3/c1-5-10-9-20-16-14(17(24)23(3)18(25)22(16)2)15(10)21-12-8-11(19)6-7-13(12)26-4/h6-9H,5H2,1-4H3,(H,20,21). The second-order valence-electron chi connectivity index (χ2n) is 5.89. The molecule has 0 aliphatic heterocycles. The zero-order valence-corrected chi connectivity index (χ0v) is 15.7. The molecule has 3 rings (SSSR count). The van der Waals surface area contributed by atoms with Crippen molar-refractivity contribution in [1.82, 2.24) is 14.1 Å². The van der Waals surface area contributed by atoms with Crippen molar-refractivity contribution in [2.45, 2.75) is 13.3 Å². The molecular formula is C18H19ClN4O3. The van der Waals surface area contributed by atoms with Crippen LogP contribution in [-0.4, -0.2) is 21.2 Å². The monoisotopic (exact) mass is 374 g/mol. The number of pyridine rings is 1. The fourth-order valence-corrected chi connectivity index (χ4v) is 3.06. The molecule has 136 valence electrons. The molecule has 0 fully saturated rings. The number of halogens is 1. The van der Waals surface area contributed by atoms with Gasteiger partial charge in [0.25, 0.3) is 5.56 Å². The lowest BCUT2D eigenvalue weighted by atomic mass is 10.1. The maximum Gasteiger partial charge on any atom is 0.332 e. The van der Waals surface area contributed by atoms with Gasteiger partial charge in [0, 0.05) is 25.3 Å². The Hall–Kier alpha value is -2.80. The van der Waals surface area contributed by atoms with Crippen molar-refractivity contribution < 1.29 is 4.74 Å². The average molecular weight is 375 g/mol. The molecule has 0 amide bonds. The molecule has 0 unspecified atom stereocenters. The van der Waals surface area contributed by atoms with Crippen LogP contribution in [-0.2, 0) is 20.5 Å². The number of benzene rings is 1. The summed E-state index contributed by atoms with van der Waals surface area (Å²) in [4.78, 5) is 29.3. The zero-order valence-electron chi connectivity index (χ0n) is 15.0. The maximum atomic E-state index is 12.8. The average Bonchev–Trinajstić information content (AvgIpc) is 2.64. The van der Waals surface area contributed by atoms with Crippen LogP contribution in [0, 0.1) is 0 Å².